The average molecular weight is 377 g/mol. The zero-order chi connectivity index (χ0) is 18.9. The Kier molecular flexibility index (Phi) is 7.37. The van der Waals surface area contributed by atoms with Crippen molar-refractivity contribution in [2.45, 2.75) is 0 Å². The van der Waals surface area contributed by atoms with Gasteiger partial charge >= 0.3 is 0 Å². The Hall–Kier alpha value is -2.65. The maximum atomic E-state index is 12.1. The highest BCUT2D eigenvalue weighted by Crippen LogP contribution is 2.23. The van der Waals surface area contributed by atoms with Gasteiger partial charge in [0, 0.05) is 30.2 Å². The van der Waals surface area contributed by atoms with Gasteiger partial charge in [0.2, 0.25) is 5.91 Å². The number of aromatic nitrogens is 1. The Balaban J connectivity index is 1.82. The third kappa shape index (κ3) is 6.34. The van der Waals surface area contributed by atoms with Crippen LogP contribution in [0.3, 0.4) is 0 Å². The molecule has 0 radical (unpaired) electrons. The lowest BCUT2D eigenvalue weighted by Gasteiger charge is -2.10. The Labute approximate surface area is 156 Å². The minimum absolute atomic E-state index is 0.0809. The smallest absolute Gasteiger partial charge is 0.271 e. The molecular formula is C17H23N5O3S. The summed E-state index contributed by atoms with van der Waals surface area (Å²) in [5.41, 5.74) is 1.08. The monoisotopic (exact) mass is 377 g/mol. The summed E-state index contributed by atoms with van der Waals surface area (Å²) < 4.78 is 5.17. The van der Waals surface area contributed by atoms with Crippen molar-refractivity contribution >= 4 is 34.0 Å². The number of carbonyl (C=O) groups is 2. The number of amides is 2. The van der Waals surface area contributed by atoms with Crippen LogP contribution in [0.4, 0.5) is 10.8 Å². The van der Waals surface area contributed by atoms with Crippen molar-refractivity contribution in [1.82, 2.24) is 20.5 Å². The third-order valence-electron chi connectivity index (χ3n) is 3.35. The van der Waals surface area contributed by atoms with Gasteiger partial charge in [-0.05, 0) is 26.2 Å². The minimum Gasteiger partial charge on any atom is -0.497 e. The highest BCUT2D eigenvalue weighted by atomic mass is 32.1. The summed E-state index contributed by atoms with van der Waals surface area (Å²) in [5, 5.41) is 10.6. The SMILES string of the molecule is COc1cccc(Nc2nc(C(=O)NCC(=O)NCCN(C)C)cs2)c1. The predicted molar refractivity (Wildman–Crippen MR) is 102 cm³/mol. The molecule has 2 amide bonds. The van der Waals surface area contributed by atoms with Crippen molar-refractivity contribution in [3.63, 3.8) is 0 Å². The van der Waals surface area contributed by atoms with Crippen LogP contribution in [-0.4, -0.2) is 62.5 Å². The number of likely N-dealkylation sites (N-methyl/N-ethyl adjacent to an activating group) is 1. The van der Waals surface area contributed by atoms with Gasteiger partial charge in [0.05, 0.1) is 13.7 Å². The lowest BCUT2D eigenvalue weighted by atomic mass is 10.3. The molecular weight excluding hydrogens is 354 g/mol. The van der Waals surface area contributed by atoms with E-state index in [0.717, 1.165) is 18.0 Å². The molecule has 26 heavy (non-hydrogen) atoms. The summed E-state index contributed by atoms with van der Waals surface area (Å²) in [6.45, 7) is 1.19. The van der Waals surface area contributed by atoms with Crippen LogP contribution in [0.15, 0.2) is 29.6 Å². The van der Waals surface area contributed by atoms with Crippen LogP contribution in [0, 0.1) is 0 Å². The molecule has 0 spiro atoms. The number of rotatable bonds is 9. The second-order valence-electron chi connectivity index (χ2n) is 5.73. The van der Waals surface area contributed by atoms with Gasteiger partial charge in [-0.25, -0.2) is 4.98 Å². The molecule has 2 rings (SSSR count). The Morgan fingerprint density at radius 2 is 2.08 bits per heavy atom. The normalized spacial score (nSPS) is 10.5. The van der Waals surface area contributed by atoms with Crippen LogP contribution in [0.5, 0.6) is 5.75 Å². The average Bonchev–Trinajstić information content (AvgIpc) is 3.08. The van der Waals surface area contributed by atoms with Crippen LogP contribution >= 0.6 is 11.3 Å². The molecule has 0 atom stereocenters. The zero-order valence-electron chi connectivity index (χ0n) is 15.0. The first-order valence-electron chi connectivity index (χ1n) is 8.04. The quantitative estimate of drug-likeness (QED) is 0.610. The number of carbonyl (C=O) groups excluding carboxylic acids is 2. The first kappa shape index (κ1) is 19.7. The van der Waals surface area contributed by atoms with Crippen molar-refractivity contribution in [2.75, 3.05) is 46.2 Å². The number of nitrogens with zero attached hydrogens (tertiary/aromatic N) is 2. The molecule has 1 heterocycles. The molecule has 0 aliphatic heterocycles. The standard InChI is InChI=1S/C17H23N5O3S/c1-22(2)8-7-18-15(23)10-19-16(24)14-11-26-17(21-14)20-12-5-4-6-13(9-12)25-3/h4-6,9,11H,7-8,10H2,1-3H3,(H,18,23)(H,19,24)(H,20,21). The molecule has 0 saturated carbocycles. The van der Waals surface area contributed by atoms with E-state index in [-0.39, 0.29) is 24.1 Å². The molecule has 9 heteroatoms. The van der Waals surface area contributed by atoms with Crippen LogP contribution in [0.25, 0.3) is 0 Å². The molecule has 1 aromatic heterocycles. The molecule has 1 aromatic carbocycles. The van der Waals surface area contributed by atoms with E-state index in [0.29, 0.717) is 11.7 Å². The molecule has 0 saturated heterocycles. The van der Waals surface area contributed by atoms with Crippen molar-refractivity contribution < 1.29 is 14.3 Å². The zero-order valence-corrected chi connectivity index (χ0v) is 15.9. The van der Waals surface area contributed by atoms with Gasteiger partial charge in [-0.3, -0.25) is 9.59 Å². The summed E-state index contributed by atoms with van der Waals surface area (Å²) in [6, 6.07) is 7.41. The number of methoxy groups -OCH3 is 1. The summed E-state index contributed by atoms with van der Waals surface area (Å²) in [7, 11) is 5.45. The fourth-order valence-electron chi connectivity index (χ4n) is 1.99. The van der Waals surface area contributed by atoms with E-state index in [9.17, 15) is 9.59 Å². The third-order valence-corrected chi connectivity index (χ3v) is 4.11. The summed E-state index contributed by atoms with van der Waals surface area (Å²) in [4.78, 5) is 30.0. The summed E-state index contributed by atoms with van der Waals surface area (Å²) >= 11 is 1.31. The maximum Gasteiger partial charge on any atom is 0.271 e. The highest BCUT2D eigenvalue weighted by molar-refractivity contribution is 7.14. The second-order valence-corrected chi connectivity index (χ2v) is 6.59. The summed E-state index contributed by atoms with van der Waals surface area (Å²) in [6.07, 6.45) is 0. The van der Waals surface area contributed by atoms with E-state index < -0.39 is 0 Å². The second kappa shape index (κ2) is 9.73. The van der Waals surface area contributed by atoms with E-state index in [1.54, 1.807) is 12.5 Å². The Bertz CT molecular complexity index is 748. The van der Waals surface area contributed by atoms with Crippen LogP contribution in [0.1, 0.15) is 10.5 Å². The molecule has 0 fully saturated rings. The molecule has 0 aliphatic rings. The fraction of sp³-hybridized carbons (Fsp3) is 0.353. The largest absolute Gasteiger partial charge is 0.497 e. The Morgan fingerprint density at radius 3 is 2.81 bits per heavy atom. The number of anilines is 2. The fourth-order valence-corrected chi connectivity index (χ4v) is 2.70. The molecule has 0 unspecified atom stereocenters. The van der Waals surface area contributed by atoms with Crippen LogP contribution in [0.2, 0.25) is 0 Å². The predicted octanol–water partition coefficient (Wildman–Crippen LogP) is 1.30. The van der Waals surface area contributed by atoms with E-state index in [4.69, 9.17) is 4.74 Å². The van der Waals surface area contributed by atoms with Crippen molar-refractivity contribution in [3.05, 3.63) is 35.3 Å². The van der Waals surface area contributed by atoms with Crippen molar-refractivity contribution in [1.29, 1.82) is 0 Å². The van der Waals surface area contributed by atoms with Gasteiger partial charge in [0.15, 0.2) is 5.13 Å². The first-order valence-corrected chi connectivity index (χ1v) is 8.92. The molecule has 140 valence electrons. The van der Waals surface area contributed by atoms with Crippen LogP contribution in [-0.2, 0) is 4.79 Å². The van der Waals surface area contributed by atoms with Gasteiger partial charge in [-0.1, -0.05) is 6.07 Å². The van der Waals surface area contributed by atoms with Crippen molar-refractivity contribution in [3.8, 4) is 5.75 Å². The lowest BCUT2D eigenvalue weighted by molar-refractivity contribution is -0.120. The Morgan fingerprint density at radius 1 is 1.27 bits per heavy atom. The van der Waals surface area contributed by atoms with Gasteiger partial charge in [-0.15, -0.1) is 11.3 Å². The van der Waals surface area contributed by atoms with Gasteiger partial charge in [-0.2, -0.15) is 0 Å². The highest BCUT2D eigenvalue weighted by Gasteiger charge is 2.12. The minimum atomic E-state index is -0.386. The van der Waals surface area contributed by atoms with E-state index in [1.165, 1.54) is 11.3 Å². The number of thiazole rings is 1. The number of nitrogens with one attached hydrogen (secondary N) is 3. The lowest BCUT2D eigenvalue weighted by Crippen LogP contribution is -2.39. The van der Waals surface area contributed by atoms with Gasteiger partial charge < -0.3 is 25.6 Å². The molecule has 8 nitrogen and oxygen atoms in total. The maximum absolute atomic E-state index is 12.1. The number of benzene rings is 1. The topological polar surface area (TPSA) is 95.6 Å². The van der Waals surface area contributed by atoms with Gasteiger partial charge in [0.1, 0.15) is 11.4 Å². The van der Waals surface area contributed by atoms with Crippen LogP contribution < -0.4 is 20.7 Å². The molecule has 0 bridgehead atoms. The number of ether oxygens (including phenoxy) is 1. The van der Waals surface area contributed by atoms with E-state index >= 15 is 0 Å². The first-order chi connectivity index (χ1) is 12.5. The number of hydrogen-bond acceptors (Lipinski definition) is 7. The van der Waals surface area contributed by atoms with Crippen molar-refractivity contribution in [2.24, 2.45) is 0 Å². The van der Waals surface area contributed by atoms with E-state index in [1.807, 2.05) is 43.3 Å². The molecule has 0 aliphatic carbocycles. The van der Waals surface area contributed by atoms with E-state index in [2.05, 4.69) is 20.9 Å². The molecule has 2 aromatic rings. The molecule has 3 N–H and O–H groups in total. The van der Waals surface area contributed by atoms with Gasteiger partial charge in [0.25, 0.3) is 5.91 Å². The number of hydrogen-bond donors (Lipinski definition) is 3. The summed E-state index contributed by atoms with van der Waals surface area (Å²) in [5.74, 6) is 0.109.